The van der Waals surface area contributed by atoms with Gasteiger partial charge in [-0.25, -0.2) is 4.98 Å². The number of ketones is 1. The number of esters is 1. The van der Waals surface area contributed by atoms with Gasteiger partial charge in [-0.3, -0.25) is 9.59 Å². The molecule has 2 aromatic carbocycles. The average Bonchev–Trinajstić information content (AvgIpc) is 2.84. The third-order valence-electron chi connectivity index (χ3n) is 5.27. The number of benzene rings is 2. The van der Waals surface area contributed by atoms with E-state index < -0.39 is 29.9 Å². The zero-order chi connectivity index (χ0) is 25.5. The Kier molecular flexibility index (Phi) is 8.95. The van der Waals surface area contributed by atoms with E-state index in [1.165, 1.54) is 19.4 Å². The van der Waals surface area contributed by atoms with Crippen LogP contribution in [0.1, 0.15) is 42.4 Å². The van der Waals surface area contributed by atoms with Gasteiger partial charge in [0.25, 0.3) is 0 Å². The molecule has 0 saturated heterocycles. The van der Waals surface area contributed by atoms with Crippen LogP contribution < -0.4 is 9.47 Å². The van der Waals surface area contributed by atoms with Crippen molar-refractivity contribution in [2.24, 2.45) is 5.92 Å². The quantitative estimate of drug-likeness (QED) is 0.257. The Labute approximate surface area is 213 Å². The van der Waals surface area contributed by atoms with E-state index in [0.29, 0.717) is 15.8 Å². The van der Waals surface area contributed by atoms with Gasteiger partial charge in [-0.2, -0.15) is 0 Å². The predicted octanol–water partition coefficient (Wildman–Crippen LogP) is 6.06. The number of rotatable bonds is 10. The first-order chi connectivity index (χ1) is 16.7. The molecule has 35 heavy (non-hydrogen) atoms. The van der Waals surface area contributed by atoms with Crippen molar-refractivity contribution in [3.8, 4) is 17.2 Å². The first-order valence-corrected chi connectivity index (χ1v) is 11.6. The number of hydrogen-bond donors (Lipinski definition) is 1. The lowest BCUT2D eigenvalue weighted by Gasteiger charge is -2.27. The molecule has 1 heterocycles. The van der Waals surface area contributed by atoms with Crippen molar-refractivity contribution in [1.29, 1.82) is 0 Å². The Bertz CT molecular complexity index is 1190. The van der Waals surface area contributed by atoms with Crippen LogP contribution in [0.4, 0.5) is 0 Å². The number of aromatic nitrogens is 1. The Hall–Kier alpha value is -3.29. The van der Waals surface area contributed by atoms with Gasteiger partial charge in [0.1, 0.15) is 11.9 Å². The molecule has 184 valence electrons. The van der Waals surface area contributed by atoms with E-state index in [1.54, 1.807) is 32.0 Å². The summed E-state index contributed by atoms with van der Waals surface area (Å²) in [6.07, 6.45) is -0.261. The van der Waals surface area contributed by atoms with Crippen molar-refractivity contribution in [2.75, 3.05) is 7.11 Å². The fourth-order valence-electron chi connectivity index (χ4n) is 3.41. The number of ether oxygens (including phenoxy) is 3. The molecule has 3 rings (SSSR count). The Balaban J connectivity index is 1.73. The molecule has 0 unspecified atom stereocenters. The van der Waals surface area contributed by atoms with Gasteiger partial charge in [-0.15, -0.1) is 0 Å². The fourth-order valence-corrected chi connectivity index (χ4v) is 3.86. The lowest BCUT2D eigenvalue weighted by Crippen LogP contribution is -2.30. The molecule has 0 amide bonds. The van der Waals surface area contributed by atoms with Crippen LogP contribution >= 0.6 is 23.2 Å². The number of halogens is 2. The SMILES string of the molecule is COc1ccnc(C(=O)C[C@@H](C)C(=O)O[C@@H](C)[C@H](Oc2ccc(Cl)cc2Cl)c2ccccc2)c1O. The Morgan fingerprint density at radius 3 is 2.40 bits per heavy atom. The number of nitrogens with zero attached hydrogens (tertiary/aromatic N) is 1. The summed E-state index contributed by atoms with van der Waals surface area (Å²) >= 11 is 12.3. The van der Waals surface area contributed by atoms with E-state index in [9.17, 15) is 14.7 Å². The number of carbonyl (C=O) groups is 2. The van der Waals surface area contributed by atoms with Gasteiger partial charge in [0.2, 0.25) is 0 Å². The van der Waals surface area contributed by atoms with Gasteiger partial charge in [-0.1, -0.05) is 60.5 Å². The van der Waals surface area contributed by atoms with Crippen LogP contribution in [0.25, 0.3) is 0 Å². The van der Waals surface area contributed by atoms with Gasteiger partial charge in [0.15, 0.2) is 29.1 Å². The molecule has 0 radical (unpaired) electrons. The Morgan fingerprint density at radius 2 is 1.74 bits per heavy atom. The van der Waals surface area contributed by atoms with Crippen molar-refractivity contribution < 1.29 is 28.9 Å². The maximum atomic E-state index is 12.8. The maximum absolute atomic E-state index is 12.8. The smallest absolute Gasteiger partial charge is 0.309 e. The predicted molar refractivity (Wildman–Crippen MR) is 132 cm³/mol. The van der Waals surface area contributed by atoms with Gasteiger partial charge >= 0.3 is 5.97 Å². The van der Waals surface area contributed by atoms with Gasteiger partial charge in [0, 0.05) is 23.7 Å². The molecular formula is C26H25Cl2NO6. The van der Waals surface area contributed by atoms with Crippen molar-refractivity contribution in [3.05, 3.63) is 82.1 Å². The molecule has 0 aliphatic carbocycles. The van der Waals surface area contributed by atoms with Crippen LogP contribution in [0.2, 0.25) is 10.0 Å². The summed E-state index contributed by atoms with van der Waals surface area (Å²) in [5.74, 6) is -1.77. The van der Waals surface area contributed by atoms with Crippen LogP contribution in [0.15, 0.2) is 60.8 Å². The van der Waals surface area contributed by atoms with E-state index in [2.05, 4.69) is 4.98 Å². The van der Waals surface area contributed by atoms with Crippen molar-refractivity contribution >= 4 is 35.0 Å². The molecule has 0 spiro atoms. The van der Waals surface area contributed by atoms with Gasteiger partial charge in [0.05, 0.1) is 18.1 Å². The molecular weight excluding hydrogens is 493 g/mol. The minimum Gasteiger partial charge on any atom is -0.503 e. The first kappa shape index (κ1) is 26.3. The second-order valence-corrected chi connectivity index (χ2v) is 8.75. The van der Waals surface area contributed by atoms with Crippen LogP contribution in [0, 0.1) is 5.92 Å². The number of Topliss-reactive ketones (excluding diaryl/α,β-unsaturated/α-hetero) is 1. The van der Waals surface area contributed by atoms with Crippen LogP contribution in [0.5, 0.6) is 17.2 Å². The average molecular weight is 518 g/mol. The minimum atomic E-state index is -0.798. The lowest BCUT2D eigenvalue weighted by molar-refractivity contribution is -0.157. The Morgan fingerprint density at radius 1 is 1.03 bits per heavy atom. The van der Waals surface area contributed by atoms with Crippen molar-refractivity contribution in [1.82, 2.24) is 4.98 Å². The first-order valence-electron chi connectivity index (χ1n) is 10.8. The van der Waals surface area contributed by atoms with Crippen LogP contribution in [0.3, 0.4) is 0 Å². The third-order valence-corrected chi connectivity index (χ3v) is 5.80. The van der Waals surface area contributed by atoms with Crippen molar-refractivity contribution in [3.63, 3.8) is 0 Å². The molecule has 9 heteroatoms. The highest BCUT2D eigenvalue weighted by atomic mass is 35.5. The molecule has 3 aromatic rings. The van der Waals surface area contributed by atoms with E-state index in [4.69, 9.17) is 37.4 Å². The molecule has 0 saturated carbocycles. The fraction of sp³-hybridized carbons (Fsp3) is 0.269. The maximum Gasteiger partial charge on any atom is 0.309 e. The highest BCUT2D eigenvalue weighted by Gasteiger charge is 2.29. The normalized spacial score (nSPS) is 13.4. The zero-order valence-electron chi connectivity index (χ0n) is 19.4. The monoisotopic (exact) mass is 517 g/mol. The molecule has 0 bridgehead atoms. The highest BCUT2D eigenvalue weighted by Crippen LogP contribution is 2.34. The van der Waals surface area contributed by atoms with Crippen LogP contribution in [-0.2, 0) is 9.53 Å². The van der Waals surface area contributed by atoms with Crippen molar-refractivity contribution in [2.45, 2.75) is 32.5 Å². The zero-order valence-corrected chi connectivity index (χ0v) is 20.9. The molecule has 0 aliphatic rings. The summed E-state index contributed by atoms with van der Waals surface area (Å²) in [4.78, 5) is 29.4. The molecule has 3 atom stereocenters. The van der Waals surface area contributed by atoms with Gasteiger partial charge < -0.3 is 19.3 Å². The number of methoxy groups -OCH3 is 1. The van der Waals surface area contributed by atoms with E-state index in [-0.39, 0.29) is 23.6 Å². The lowest BCUT2D eigenvalue weighted by atomic mass is 10.0. The van der Waals surface area contributed by atoms with Gasteiger partial charge in [-0.05, 0) is 30.7 Å². The largest absolute Gasteiger partial charge is 0.503 e. The summed E-state index contributed by atoms with van der Waals surface area (Å²) in [7, 11) is 1.37. The summed E-state index contributed by atoms with van der Waals surface area (Å²) in [6, 6.07) is 15.5. The minimum absolute atomic E-state index is 0.121. The second kappa shape index (κ2) is 11.9. The highest BCUT2D eigenvalue weighted by molar-refractivity contribution is 6.35. The number of aromatic hydroxyl groups is 1. The number of pyridine rings is 1. The molecule has 1 aromatic heterocycles. The molecule has 0 fully saturated rings. The van der Waals surface area contributed by atoms with E-state index >= 15 is 0 Å². The second-order valence-electron chi connectivity index (χ2n) is 7.90. The summed E-state index contributed by atoms with van der Waals surface area (Å²) in [5, 5.41) is 11.0. The standard InChI is InChI=1S/C26H25Cl2NO6/c1-15(13-20(30)23-24(31)22(33-3)11-12-29-23)26(32)34-16(2)25(17-7-5-4-6-8-17)35-21-10-9-18(27)14-19(21)28/h4-12,14-16,25,31H,13H2,1-3H3/t15-,16+,25+/m1/s1. The van der Waals surface area contributed by atoms with E-state index in [1.807, 2.05) is 30.3 Å². The molecule has 7 nitrogen and oxygen atoms in total. The summed E-state index contributed by atoms with van der Waals surface area (Å²) in [6.45, 7) is 3.27. The molecule has 1 N–H and O–H groups in total. The number of hydrogen-bond acceptors (Lipinski definition) is 7. The molecule has 0 aliphatic heterocycles. The summed E-state index contributed by atoms with van der Waals surface area (Å²) in [5.41, 5.74) is 0.605. The van der Waals surface area contributed by atoms with Crippen LogP contribution in [-0.4, -0.2) is 35.1 Å². The topological polar surface area (TPSA) is 95.0 Å². The number of carbonyl (C=O) groups excluding carboxylic acids is 2. The van der Waals surface area contributed by atoms with E-state index in [0.717, 1.165) is 5.56 Å². The summed E-state index contributed by atoms with van der Waals surface area (Å²) < 4.78 is 16.8. The third kappa shape index (κ3) is 6.65.